The third kappa shape index (κ3) is 2.03. The van der Waals surface area contributed by atoms with Crippen molar-refractivity contribution in [3.05, 3.63) is 29.7 Å². The van der Waals surface area contributed by atoms with E-state index in [1.54, 1.807) is 6.20 Å². The highest BCUT2D eigenvalue weighted by Crippen LogP contribution is 2.37. The van der Waals surface area contributed by atoms with E-state index in [1.165, 1.54) is 13.2 Å². The molecule has 0 amide bonds. The van der Waals surface area contributed by atoms with Gasteiger partial charge in [-0.3, -0.25) is 5.10 Å². The molecule has 0 saturated carbocycles. The van der Waals surface area contributed by atoms with E-state index in [1.807, 2.05) is 19.9 Å². The van der Waals surface area contributed by atoms with Crippen molar-refractivity contribution in [2.45, 2.75) is 19.8 Å². The molecule has 0 atom stereocenters. The zero-order valence-electron chi connectivity index (χ0n) is 10.6. The quantitative estimate of drug-likeness (QED) is 0.879. The van der Waals surface area contributed by atoms with Gasteiger partial charge in [-0.2, -0.15) is 5.10 Å². The Hall–Kier alpha value is -2.04. The van der Waals surface area contributed by atoms with Gasteiger partial charge in [-0.05, 0) is 23.6 Å². The van der Waals surface area contributed by atoms with Crippen molar-refractivity contribution in [2.75, 3.05) is 12.8 Å². The lowest BCUT2D eigenvalue weighted by atomic mass is 9.97. The molecule has 1 aromatic carbocycles. The first-order valence-corrected chi connectivity index (χ1v) is 5.71. The molecule has 0 spiro atoms. The van der Waals surface area contributed by atoms with Gasteiger partial charge in [0, 0.05) is 11.1 Å². The zero-order valence-corrected chi connectivity index (χ0v) is 10.6. The Labute approximate surface area is 105 Å². The average Bonchev–Trinajstić information content (AvgIpc) is 2.74. The molecule has 0 radical (unpaired) electrons. The number of anilines is 1. The Bertz CT molecular complexity index is 563. The largest absolute Gasteiger partial charge is 0.493 e. The summed E-state index contributed by atoms with van der Waals surface area (Å²) in [5.41, 5.74) is 7.93. The molecular weight excluding hydrogens is 233 g/mol. The van der Waals surface area contributed by atoms with Crippen LogP contribution in [0.15, 0.2) is 18.3 Å². The predicted molar refractivity (Wildman–Crippen MR) is 69.0 cm³/mol. The number of aromatic nitrogens is 2. The van der Waals surface area contributed by atoms with Crippen molar-refractivity contribution < 1.29 is 9.13 Å². The number of halogens is 1. The fourth-order valence-electron chi connectivity index (χ4n) is 1.87. The van der Waals surface area contributed by atoms with Gasteiger partial charge < -0.3 is 10.5 Å². The summed E-state index contributed by atoms with van der Waals surface area (Å²) in [5.74, 6) is 0.415. The monoisotopic (exact) mass is 249 g/mol. The molecule has 2 rings (SSSR count). The van der Waals surface area contributed by atoms with Crippen LogP contribution in [0.5, 0.6) is 5.75 Å². The van der Waals surface area contributed by atoms with Gasteiger partial charge >= 0.3 is 0 Å². The van der Waals surface area contributed by atoms with E-state index in [-0.39, 0.29) is 17.5 Å². The van der Waals surface area contributed by atoms with E-state index in [0.29, 0.717) is 16.9 Å². The van der Waals surface area contributed by atoms with E-state index in [0.717, 1.165) is 5.56 Å². The smallest absolute Gasteiger partial charge is 0.165 e. The molecule has 0 bridgehead atoms. The second-order valence-electron chi connectivity index (χ2n) is 4.44. The second kappa shape index (κ2) is 4.68. The van der Waals surface area contributed by atoms with Crippen LogP contribution in [0.4, 0.5) is 10.2 Å². The van der Waals surface area contributed by atoms with Crippen LogP contribution in [0.1, 0.15) is 25.3 Å². The van der Waals surface area contributed by atoms with Crippen LogP contribution in [0.2, 0.25) is 0 Å². The highest BCUT2D eigenvalue weighted by atomic mass is 19.1. The fourth-order valence-corrected chi connectivity index (χ4v) is 1.87. The van der Waals surface area contributed by atoms with Crippen LogP contribution in [0.3, 0.4) is 0 Å². The van der Waals surface area contributed by atoms with Crippen LogP contribution < -0.4 is 10.5 Å². The number of rotatable bonds is 3. The van der Waals surface area contributed by atoms with Gasteiger partial charge in [0.15, 0.2) is 11.6 Å². The minimum absolute atomic E-state index is 0.188. The number of aromatic amines is 1. The Morgan fingerprint density at radius 1 is 1.33 bits per heavy atom. The van der Waals surface area contributed by atoms with Gasteiger partial charge in [0.05, 0.1) is 13.3 Å². The number of hydrogen-bond donors (Lipinski definition) is 2. The minimum Gasteiger partial charge on any atom is -0.493 e. The summed E-state index contributed by atoms with van der Waals surface area (Å²) in [5, 5.41) is 6.49. The molecule has 4 nitrogen and oxygen atoms in total. The number of hydrogen-bond acceptors (Lipinski definition) is 3. The van der Waals surface area contributed by atoms with Gasteiger partial charge in [0.1, 0.15) is 5.82 Å². The molecule has 2 aromatic rings. The number of nitrogens with two attached hydrogens (primary N) is 1. The van der Waals surface area contributed by atoms with Crippen molar-refractivity contribution in [3.63, 3.8) is 0 Å². The van der Waals surface area contributed by atoms with Gasteiger partial charge in [-0.15, -0.1) is 0 Å². The summed E-state index contributed by atoms with van der Waals surface area (Å²) < 4.78 is 19.1. The van der Waals surface area contributed by atoms with Crippen LogP contribution >= 0.6 is 0 Å². The molecule has 3 N–H and O–H groups in total. The van der Waals surface area contributed by atoms with Gasteiger partial charge in [0.2, 0.25) is 0 Å². The maximum atomic E-state index is 14.0. The van der Waals surface area contributed by atoms with Crippen molar-refractivity contribution in [1.82, 2.24) is 10.2 Å². The third-order valence-electron chi connectivity index (χ3n) is 2.90. The highest BCUT2D eigenvalue weighted by Gasteiger charge is 2.17. The van der Waals surface area contributed by atoms with Crippen molar-refractivity contribution in [2.24, 2.45) is 0 Å². The molecule has 0 fully saturated rings. The molecular formula is C13H16FN3O. The van der Waals surface area contributed by atoms with E-state index >= 15 is 0 Å². The Kier molecular flexibility index (Phi) is 3.23. The first kappa shape index (κ1) is 12.4. The van der Waals surface area contributed by atoms with Crippen molar-refractivity contribution in [1.29, 1.82) is 0 Å². The number of nitrogens with zero attached hydrogens (tertiary/aromatic N) is 1. The molecule has 0 unspecified atom stereocenters. The summed E-state index contributed by atoms with van der Waals surface area (Å²) in [6.07, 6.45) is 1.57. The SMILES string of the molecule is COc1c(F)cc(C(C)C)cc1-c1cn[nH]c1N. The molecule has 18 heavy (non-hydrogen) atoms. The molecule has 0 aliphatic rings. The average molecular weight is 249 g/mol. The van der Waals surface area contributed by atoms with Crippen LogP contribution in [-0.2, 0) is 0 Å². The first-order chi connectivity index (χ1) is 8.54. The minimum atomic E-state index is -0.390. The Balaban J connectivity index is 2.67. The maximum absolute atomic E-state index is 14.0. The standard InChI is InChI=1S/C13H16FN3O/c1-7(2)8-4-9(10-6-16-17-13(10)15)12(18-3)11(14)5-8/h4-7H,1-3H3,(H3,15,16,17). The summed E-state index contributed by atoms with van der Waals surface area (Å²) >= 11 is 0. The van der Waals surface area contributed by atoms with Crippen LogP contribution in [-0.4, -0.2) is 17.3 Å². The molecule has 1 aromatic heterocycles. The number of benzene rings is 1. The third-order valence-corrected chi connectivity index (χ3v) is 2.90. The van der Waals surface area contributed by atoms with E-state index in [2.05, 4.69) is 10.2 Å². The lowest BCUT2D eigenvalue weighted by molar-refractivity contribution is 0.388. The Morgan fingerprint density at radius 2 is 2.06 bits per heavy atom. The molecule has 5 heteroatoms. The normalized spacial score (nSPS) is 10.9. The van der Waals surface area contributed by atoms with Gasteiger partial charge in [0.25, 0.3) is 0 Å². The second-order valence-corrected chi connectivity index (χ2v) is 4.44. The van der Waals surface area contributed by atoms with Crippen LogP contribution in [0, 0.1) is 5.82 Å². The summed E-state index contributed by atoms with van der Waals surface area (Å²) in [7, 11) is 1.44. The van der Waals surface area contributed by atoms with E-state index in [9.17, 15) is 4.39 Å². The fraction of sp³-hybridized carbons (Fsp3) is 0.308. The topological polar surface area (TPSA) is 63.9 Å². The number of nitrogen functional groups attached to an aromatic ring is 1. The summed E-state index contributed by atoms with van der Waals surface area (Å²) in [6, 6.07) is 3.37. The molecule has 96 valence electrons. The molecule has 1 heterocycles. The van der Waals surface area contributed by atoms with E-state index < -0.39 is 0 Å². The lowest BCUT2D eigenvalue weighted by Gasteiger charge is -2.13. The van der Waals surface area contributed by atoms with Gasteiger partial charge in [-0.1, -0.05) is 13.8 Å². The van der Waals surface area contributed by atoms with E-state index in [4.69, 9.17) is 10.5 Å². The number of nitrogens with one attached hydrogen (secondary N) is 1. The number of H-pyrrole nitrogens is 1. The maximum Gasteiger partial charge on any atom is 0.165 e. The van der Waals surface area contributed by atoms with Crippen molar-refractivity contribution in [3.8, 4) is 16.9 Å². The summed E-state index contributed by atoms with van der Waals surface area (Å²) in [6.45, 7) is 4.01. The Morgan fingerprint density at radius 3 is 2.56 bits per heavy atom. The van der Waals surface area contributed by atoms with Crippen LogP contribution in [0.25, 0.3) is 11.1 Å². The molecule has 0 saturated heterocycles. The number of ether oxygens (including phenoxy) is 1. The zero-order chi connectivity index (χ0) is 13.3. The lowest BCUT2D eigenvalue weighted by Crippen LogP contribution is -1.98. The first-order valence-electron chi connectivity index (χ1n) is 5.71. The summed E-state index contributed by atoms with van der Waals surface area (Å²) in [4.78, 5) is 0. The predicted octanol–water partition coefficient (Wildman–Crippen LogP) is 2.93. The highest BCUT2D eigenvalue weighted by molar-refractivity contribution is 5.78. The number of methoxy groups -OCH3 is 1. The van der Waals surface area contributed by atoms with Gasteiger partial charge in [-0.25, -0.2) is 4.39 Å². The molecule has 0 aliphatic heterocycles. The van der Waals surface area contributed by atoms with Crippen molar-refractivity contribution >= 4 is 5.82 Å². The molecule has 0 aliphatic carbocycles.